The molecule has 3 N–H and O–H groups in total. The van der Waals surface area contributed by atoms with Crippen LogP contribution in [0.3, 0.4) is 0 Å². The number of anilines is 5. The van der Waals surface area contributed by atoms with Crippen LogP contribution in [0.15, 0.2) is 48.5 Å². The minimum atomic E-state index is -1.81. The first-order chi connectivity index (χ1) is 23.3. The molecule has 12 nitrogen and oxygen atoms in total. The molecule has 3 aromatic rings. The van der Waals surface area contributed by atoms with E-state index in [0.29, 0.717) is 60.1 Å². The van der Waals surface area contributed by atoms with Crippen LogP contribution in [0.25, 0.3) is 0 Å². The number of carbonyl (C=O) groups excluding carboxylic acids is 2. The van der Waals surface area contributed by atoms with Gasteiger partial charge in [-0.15, -0.1) is 0 Å². The predicted molar refractivity (Wildman–Crippen MR) is 206 cm³/mol. The quantitative estimate of drug-likeness (QED) is 0.0422. The number of ether oxygens (including phenoxy) is 2. The second-order valence-corrected chi connectivity index (χ2v) is 21.8. The average Bonchev–Trinajstić information content (AvgIpc) is 3.02. The normalized spacial score (nSPS) is 13.3. The second-order valence-electron chi connectivity index (χ2n) is 12.6. The highest BCUT2D eigenvalue weighted by Gasteiger charge is 2.30. The first kappa shape index (κ1) is 40.1. The van der Waals surface area contributed by atoms with E-state index in [4.69, 9.17) is 17.0 Å². The van der Waals surface area contributed by atoms with Crippen molar-refractivity contribution in [3.63, 3.8) is 0 Å². The summed E-state index contributed by atoms with van der Waals surface area (Å²) in [6.45, 7) is 12.0. The van der Waals surface area contributed by atoms with E-state index in [2.05, 4.69) is 69.3 Å². The molecule has 3 rings (SSSR count). The minimum absolute atomic E-state index is 0.206. The zero-order chi connectivity index (χ0) is 35.9. The van der Waals surface area contributed by atoms with Crippen molar-refractivity contribution in [3.05, 3.63) is 59.7 Å². The molecule has 1 unspecified atom stereocenters. The summed E-state index contributed by atoms with van der Waals surface area (Å²) in [4.78, 5) is 38.5. The Labute approximate surface area is 297 Å². The van der Waals surface area contributed by atoms with Crippen molar-refractivity contribution >= 4 is 71.2 Å². The highest BCUT2D eigenvalue weighted by Crippen LogP contribution is 2.50. The van der Waals surface area contributed by atoms with E-state index in [0.717, 1.165) is 37.9 Å². The molecule has 0 fully saturated rings. The first-order valence-electron chi connectivity index (χ1n) is 16.6. The molecule has 0 spiro atoms. The van der Waals surface area contributed by atoms with Gasteiger partial charge >= 0.3 is 11.9 Å². The number of carbonyl (C=O) groups is 2. The van der Waals surface area contributed by atoms with Gasteiger partial charge in [-0.3, -0.25) is 0 Å². The van der Waals surface area contributed by atoms with Gasteiger partial charge in [0.25, 0.3) is 0 Å². The third-order valence-electron chi connectivity index (χ3n) is 6.53. The van der Waals surface area contributed by atoms with E-state index in [-0.39, 0.29) is 23.1 Å². The monoisotopic (exact) mass is 733 g/mol. The van der Waals surface area contributed by atoms with Crippen LogP contribution in [-0.4, -0.2) is 79.5 Å². The van der Waals surface area contributed by atoms with E-state index < -0.39 is 18.9 Å². The Hall–Kier alpha value is -3.37. The third kappa shape index (κ3) is 15.0. The first-order valence-corrected chi connectivity index (χ1v) is 24.0. The molecule has 1 aromatic heterocycles. The SMILES string of the molecule is CCCCOC(=O)c1ccc(Nc2nc(NCCCS(C)(O[S+](C)C)O[Si](C)(C)C)nc(Nc3ccc(C(=O)OCCCC)cc3)n2)cc1. The fourth-order valence-corrected chi connectivity index (χ4v) is 12.6. The van der Waals surface area contributed by atoms with Crippen molar-refractivity contribution in [2.24, 2.45) is 0 Å². The highest BCUT2D eigenvalue weighted by molar-refractivity contribution is 8.29. The van der Waals surface area contributed by atoms with Gasteiger partial charge in [-0.1, -0.05) is 30.3 Å². The Kier molecular flexibility index (Phi) is 16.1. The lowest BCUT2D eigenvalue weighted by Crippen LogP contribution is -2.30. The van der Waals surface area contributed by atoms with Crippen LogP contribution >= 0.6 is 10.6 Å². The highest BCUT2D eigenvalue weighted by atomic mass is 32.3. The maximum atomic E-state index is 12.3. The number of nitrogens with zero attached hydrogens (tertiary/aromatic N) is 3. The Morgan fingerprint density at radius 3 is 1.59 bits per heavy atom. The summed E-state index contributed by atoms with van der Waals surface area (Å²) in [5, 5.41) is 9.76. The summed E-state index contributed by atoms with van der Waals surface area (Å²) in [6.07, 6.45) is 10.6. The molecule has 0 bridgehead atoms. The van der Waals surface area contributed by atoms with Crippen LogP contribution in [0, 0.1) is 0 Å². The average molecular weight is 734 g/mol. The summed E-state index contributed by atoms with van der Waals surface area (Å²) in [5.74, 6) is 1.04. The lowest BCUT2D eigenvalue weighted by molar-refractivity contribution is 0.0490. The molecule has 15 heteroatoms. The lowest BCUT2D eigenvalue weighted by atomic mass is 10.2. The van der Waals surface area contributed by atoms with Gasteiger partial charge in [0, 0.05) is 29.9 Å². The standard InChI is InChI=1S/C34H52N6O6S2Si/c1-9-11-23-43-30(41)26-14-18-28(19-15-26)36-33-38-32(35-22-13-25-48(5,45-47(3)4)46-49(6,7)8)39-34(40-33)37-29-20-16-27(17-21-29)31(42)44-24-12-10-2/h14-21H,9-13,22-25H2,1-8H3,(H2-,35,36,37,38,39,40,41,42)/p+1. The van der Waals surface area contributed by atoms with E-state index in [1.165, 1.54) is 0 Å². The van der Waals surface area contributed by atoms with Gasteiger partial charge in [0.05, 0.1) is 24.3 Å². The molecule has 0 aliphatic heterocycles. The van der Waals surface area contributed by atoms with Crippen molar-refractivity contribution in [1.29, 1.82) is 0 Å². The van der Waals surface area contributed by atoms with Gasteiger partial charge in [0.2, 0.25) is 26.2 Å². The second kappa shape index (κ2) is 19.7. The zero-order valence-corrected chi connectivity index (χ0v) is 32.7. The smallest absolute Gasteiger partial charge is 0.338 e. The maximum Gasteiger partial charge on any atom is 0.338 e. The number of benzene rings is 2. The largest absolute Gasteiger partial charge is 0.462 e. The molecule has 0 radical (unpaired) electrons. The summed E-state index contributed by atoms with van der Waals surface area (Å²) < 4.78 is 23.5. The van der Waals surface area contributed by atoms with Gasteiger partial charge < -0.3 is 29.3 Å². The summed E-state index contributed by atoms with van der Waals surface area (Å²) in [7, 11) is -3.50. The van der Waals surface area contributed by atoms with Crippen LogP contribution in [0.1, 0.15) is 66.7 Å². The maximum absolute atomic E-state index is 12.3. The number of aromatic nitrogens is 3. The van der Waals surface area contributed by atoms with Crippen molar-refractivity contribution in [1.82, 2.24) is 15.0 Å². The van der Waals surface area contributed by atoms with E-state index in [1.54, 1.807) is 48.5 Å². The molecule has 0 saturated heterocycles. The molecule has 1 heterocycles. The Balaban J connectivity index is 1.76. The summed E-state index contributed by atoms with van der Waals surface area (Å²) >= 11 is -0.206. The lowest BCUT2D eigenvalue weighted by Gasteiger charge is -2.40. The van der Waals surface area contributed by atoms with Gasteiger partial charge in [0.1, 0.15) is 12.5 Å². The summed E-state index contributed by atoms with van der Waals surface area (Å²) in [6, 6.07) is 13.9. The fourth-order valence-electron chi connectivity index (χ4n) is 4.43. The number of hydrogen-bond donors (Lipinski definition) is 3. The van der Waals surface area contributed by atoms with Crippen molar-refractivity contribution in [2.45, 2.75) is 65.6 Å². The molecule has 0 aliphatic rings. The van der Waals surface area contributed by atoms with Gasteiger partial charge in [0.15, 0.2) is 11.2 Å². The van der Waals surface area contributed by atoms with E-state index >= 15 is 0 Å². The predicted octanol–water partition coefficient (Wildman–Crippen LogP) is 8.00. The molecule has 270 valence electrons. The van der Waals surface area contributed by atoms with Crippen LogP contribution < -0.4 is 16.0 Å². The van der Waals surface area contributed by atoms with Crippen LogP contribution in [0.5, 0.6) is 0 Å². The Morgan fingerprint density at radius 2 is 1.18 bits per heavy atom. The number of nitrogens with one attached hydrogen (secondary N) is 3. The molecule has 49 heavy (non-hydrogen) atoms. The van der Waals surface area contributed by atoms with Gasteiger partial charge in [-0.25, -0.2) is 9.59 Å². The van der Waals surface area contributed by atoms with Crippen LogP contribution in [-0.2, 0) is 28.2 Å². The fraction of sp³-hybridized carbons (Fsp3) is 0.500. The van der Waals surface area contributed by atoms with Crippen molar-refractivity contribution in [3.8, 4) is 0 Å². The zero-order valence-electron chi connectivity index (χ0n) is 30.1. The van der Waals surface area contributed by atoms with Crippen molar-refractivity contribution < 1.29 is 26.6 Å². The van der Waals surface area contributed by atoms with Crippen LogP contribution in [0.4, 0.5) is 29.2 Å². The molecule has 0 amide bonds. The van der Waals surface area contributed by atoms with Crippen molar-refractivity contribution in [2.75, 3.05) is 60.2 Å². The molecule has 0 saturated carbocycles. The third-order valence-corrected chi connectivity index (χ3v) is 13.2. The number of hydrogen-bond acceptors (Lipinski definition) is 12. The molecule has 2 aromatic carbocycles. The molecule has 1 atom stereocenters. The van der Waals surface area contributed by atoms with Gasteiger partial charge in [-0.05, 0) is 87.4 Å². The number of unbranched alkanes of at least 4 members (excludes halogenated alkanes) is 2. The van der Waals surface area contributed by atoms with E-state index in [9.17, 15) is 9.59 Å². The Bertz CT molecular complexity index is 1390. The molecule has 0 aliphatic carbocycles. The molecular weight excluding hydrogens is 681 g/mol. The van der Waals surface area contributed by atoms with E-state index in [1.807, 2.05) is 13.8 Å². The molecular formula is C34H53N6O6S2Si+. The number of esters is 2. The van der Waals surface area contributed by atoms with Gasteiger partial charge in [-0.2, -0.15) is 25.5 Å². The number of rotatable bonds is 21. The topological polar surface area (TPSA) is 146 Å². The van der Waals surface area contributed by atoms with Crippen LogP contribution in [0.2, 0.25) is 19.6 Å². The Morgan fingerprint density at radius 1 is 0.735 bits per heavy atom. The minimum Gasteiger partial charge on any atom is -0.462 e. The summed E-state index contributed by atoms with van der Waals surface area (Å²) in [5.41, 5.74) is 2.31.